The number of hydrogen-bond donors (Lipinski definition) is 1. The lowest BCUT2D eigenvalue weighted by Crippen LogP contribution is -2.40. The van der Waals surface area contributed by atoms with Crippen molar-refractivity contribution in [1.82, 2.24) is 9.29 Å². The van der Waals surface area contributed by atoms with Gasteiger partial charge in [0, 0.05) is 23.5 Å². The lowest BCUT2D eigenvalue weighted by Gasteiger charge is -2.26. The summed E-state index contributed by atoms with van der Waals surface area (Å²) in [7, 11) is -3.63. The SMILES string of the molecule is O=C(Nc1nc2c(s1)CCCC2)c1cccc(S(=O)(=O)N2CCOCC2)c1. The molecular weight excluding hydrogens is 386 g/mol. The monoisotopic (exact) mass is 407 g/mol. The number of morpholine rings is 1. The molecule has 1 aliphatic carbocycles. The molecule has 144 valence electrons. The molecule has 1 aromatic heterocycles. The highest BCUT2D eigenvalue weighted by atomic mass is 32.2. The predicted octanol–water partition coefficient (Wildman–Crippen LogP) is 2.30. The van der Waals surface area contributed by atoms with Gasteiger partial charge < -0.3 is 4.74 Å². The van der Waals surface area contributed by atoms with Crippen LogP contribution in [0.5, 0.6) is 0 Å². The van der Waals surface area contributed by atoms with Gasteiger partial charge in [-0.25, -0.2) is 13.4 Å². The third kappa shape index (κ3) is 3.91. The Morgan fingerprint density at radius 2 is 1.96 bits per heavy atom. The maximum Gasteiger partial charge on any atom is 0.257 e. The summed E-state index contributed by atoms with van der Waals surface area (Å²) in [5, 5.41) is 3.39. The number of nitrogens with one attached hydrogen (secondary N) is 1. The maximum atomic E-state index is 12.8. The van der Waals surface area contributed by atoms with Gasteiger partial charge in [-0.1, -0.05) is 6.07 Å². The van der Waals surface area contributed by atoms with E-state index in [4.69, 9.17) is 4.74 Å². The molecule has 0 unspecified atom stereocenters. The molecule has 2 aromatic rings. The molecule has 0 atom stereocenters. The minimum absolute atomic E-state index is 0.121. The summed E-state index contributed by atoms with van der Waals surface area (Å²) < 4.78 is 32.2. The molecule has 9 heteroatoms. The van der Waals surface area contributed by atoms with Crippen molar-refractivity contribution in [2.45, 2.75) is 30.6 Å². The predicted molar refractivity (Wildman–Crippen MR) is 103 cm³/mol. The van der Waals surface area contributed by atoms with E-state index >= 15 is 0 Å². The number of aromatic nitrogens is 1. The molecule has 2 heterocycles. The Balaban J connectivity index is 1.53. The molecule has 1 N–H and O–H groups in total. The number of thiazole rings is 1. The summed E-state index contributed by atoms with van der Waals surface area (Å²) >= 11 is 1.51. The topological polar surface area (TPSA) is 88.6 Å². The molecule has 1 saturated heterocycles. The van der Waals surface area contributed by atoms with E-state index in [1.807, 2.05) is 0 Å². The number of anilines is 1. The van der Waals surface area contributed by atoms with Gasteiger partial charge in [-0.15, -0.1) is 11.3 Å². The van der Waals surface area contributed by atoms with Gasteiger partial charge in [0.15, 0.2) is 5.13 Å². The van der Waals surface area contributed by atoms with Gasteiger partial charge in [0.1, 0.15) is 0 Å². The Morgan fingerprint density at radius 3 is 2.74 bits per heavy atom. The van der Waals surface area contributed by atoms with Gasteiger partial charge in [-0.05, 0) is 43.9 Å². The number of ether oxygens (including phenoxy) is 1. The van der Waals surface area contributed by atoms with Crippen LogP contribution >= 0.6 is 11.3 Å². The van der Waals surface area contributed by atoms with E-state index in [1.165, 1.54) is 32.7 Å². The van der Waals surface area contributed by atoms with E-state index in [2.05, 4.69) is 10.3 Å². The van der Waals surface area contributed by atoms with Crippen LogP contribution in [0.2, 0.25) is 0 Å². The van der Waals surface area contributed by atoms with E-state index < -0.39 is 10.0 Å². The van der Waals surface area contributed by atoms with Crippen LogP contribution in [0.25, 0.3) is 0 Å². The van der Waals surface area contributed by atoms with Gasteiger partial charge in [0.2, 0.25) is 10.0 Å². The number of amides is 1. The number of rotatable bonds is 4. The van der Waals surface area contributed by atoms with Gasteiger partial charge in [-0.2, -0.15) is 4.31 Å². The lowest BCUT2D eigenvalue weighted by atomic mass is 10.0. The second-order valence-electron chi connectivity index (χ2n) is 6.59. The van der Waals surface area contributed by atoms with E-state index in [0.717, 1.165) is 31.4 Å². The van der Waals surface area contributed by atoms with Crippen molar-refractivity contribution in [2.24, 2.45) is 0 Å². The summed E-state index contributed by atoms with van der Waals surface area (Å²) in [6.45, 7) is 1.41. The first-order chi connectivity index (χ1) is 13.0. The van der Waals surface area contributed by atoms with Crippen LogP contribution in [0.3, 0.4) is 0 Å². The highest BCUT2D eigenvalue weighted by Gasteiger charge is 2.27. The van der Waals surface area contributed by atoms with Crippen molar-refractivity contribution in [3.8, 4) is 0 Å². The molecule has 1 aromatic carbocycles. The van der Waals surface area contributed by atoms with Gasteiger partial charge in [0.05, 0.1) is 23.8 Å². The minimum atomic E-state index is -3.63. The number of sulfonamides is 1. The zero-order valence-electron chi connectivity index (χ0n) is 14.8. The summed E-state index contributed by atoms with van der Waals surface area (Å²) in [6, 6.07) is 6.15. The Kier molecular flexibility index (Phi) is 5.27. The third-order valence-electron chi connectivity index (χ3n) is 4.77. The average molecular weight is 408 g/mol. The first-order valence-corrected chi connectivity index (χ1v) is 11.3. The fourth-order valence-electron chi connectivity index (χ4n) is 3.31. The van der Waals surface area contributed by atoms with E-state index in [1.54, 1.807) is 12.1 Å². The van der Waals surface area contributed by atoms with Crippen molar-refractivity contribution >= 4 is 32.4 Å². The van der Waals surface area contributed by atoms with Crippen LogP contribution in [0, 0.1) is 0 Å². The first kappa shape index (κ1) is 18.5. The van der Waals surface area contributed by atoms with Gasteiger partial charge in [0.25, 0.3) is 5.91 Å². The highest BCUT2D eigenvalue weighted by molar-refractivity contribution is 7.89. The molecule has 1 amide bonds. The van der Waals surface area contributed by atoms with E-state index in [9.17, 15) is 13.2 Å². The summed E-state index contributed by atoms with van der Waals surface area (Å²) in [5.41, 5.74) is 1.38. The average Bonchev–Trinajstić information content (AvgIpc) is 3.11. The van der Waals surface area contributed by atoms with E-state index in [0.29, 0.717) is 37.0 Å². The number of carbonyl (C=O) groups excluding carboxylic acids is 1. The van der Waals surface area contributed by atoms with Crippen LogP contribution < -0.4 is 5.32 Å². The molecule has 0 spiro atoms. The summed E-state index contributed by atoms with van der Waals surface area (Å²) in [4.78, 5) is 18.5. The quantitative estimate of drug-likeness (QED) is 0.840. The van der Waals surface area contributed by atoms with Crippen molar-refractivity contribution in [3.63, 3.8) is 0 Å². The first-order valence-electron chi connectivity index (χ1n) is 9.02. The Labute approximate surface area is 162 Å². The Morgan fingerprint density at radius 1 is 1.19 bits per heavy atom. The van der Waals surface area contributed by atoms with Crippen LogP contribution in [0.15, 0.2) is 29.2 Å². The second-order valence-corrected chi connectivity index (χ2v) is 9.62. The number of aryl methyl sites for hydroxylation is 2. The van der Waals surface area contributed by atoms with Crippen LogP contribution in [-0.2, 0) is 27.6 Å². The number of hydrogen-bond acceptors (Lipinski definition) is 6. The van der Waals surface area contributed by atoms with Crippen molar-refractivity contribution in [1.29, 1.82) is 0 Å². The van der Waals surface area contributed by atoms with E-state index in [-0.39, 0.29) is 10.8 Å². The highest BCUT2D eigenvalue weighted by Crippen LogP contribution is 2.30. The normalized spacial score (nSPS) is 18.1. The summed E-state index contributed by atoms with van der Waals surface area (Å²) in [6.07, 6.45) is 4.25. The molecule has 0 saturated carbocycles. The molecule has 2 aliphatic rings. The summed E-state index contributed by atoms with van der Waals surface area (Å²) in [5.74, 6) is -0.347. The number of carbonyl (C=O) groups is 1. The smallest absolute Gasteiger partial charge is 0.257 e. The number of benzene rings is 1. The molecule has 1 fully saturated rings. The molecule has 4 rings (SSSR count). The van der Waals surface area contributed by atoms with Crippen molar-refractivity contribution < 1.29 is 17.9 Å². The fourth-order valence-corrected chi connectivity index (χ4v) is 5.81. The lowest BCUT2D eigenvalue weighted by molar-refractivity contribution is 0.0730. The zero-order valence-corrected chi connectivity index (χ0v) is 16.4. The van der Waals surface area contributed by atoms with Gasteiger partial charge >= 0.3 is 0 Å². The second kappa shape index (κ2) is 7.67. The molecule has 1 aliphatic heterocycles. The number of fused-ring (bicyclic) bond motifs is 1. The molecule has 7 nitrogen and oxygen atoms in total. The molecular formula is C18H21N3O4S2. The fraction of sp³-hybridized carbons (Fsp3) is 0.444. The van der Waals surface area contributed by atoms with Gasteiger partial charge in [-0.3, -0.25) is 10.1 Å². The maximum absolute atomic E-state index is 12.8. The standard InChI is InChI=1S/C18H21N3O4S2/c22-17(20-18-19-15-6-1-2-7-16(15)26-18)13-4-3-5-14(12-13)27(23,24)21-8-10-25-11-9-21/h3-5,12H,1-2,6-11H2,(H,19,20,22). The molecule has 27 heavy (non-hydrogen) atoms. The van der Waals surface area contributed by atoms with Crippen molar-refractivity contribution in [2.75, 3.05) is 31.6 Å². The minimum Gasteiger partial charge on any atom is -0.379 e. The molecule has 0 bridgehead atoms. The largest absolute Gasteiger partial charge is 0.379 e. The Bertz CT molecular complexity index is 926. The Hall–Kier alpha value is -1.81. The third-order valence-corrected chi connectivity index (χ3v) is 7.74. The zero-order chi connectivity index (χ0) is 18.9. The van der Waals surface area contributed by atoms with Crippen molar-refractivity contribution in [3.05, 3.63) is 40.4 Å². The van der Waals surface area contributed by atoms with Crippen LogP contribution in [-0.4, -0.2) is 49.9 Å². The number of nitrogens with zero attached hydrogens (tertiary/aromatic N) is 2. The van der Waals surface area contributed by atoms with Crippen LogP contribution in [0.4, 0.5) is 5.13 Å². The van der Waals surface area contributed by atoms with Crippen LogP contribution in [0.1, 0.15) is 33.8 Å². The molecule has 0 radical (unpaired) electrons.